The van der Waals surface area contributed by atoms with E-state index in [0.717, 1.165) is 32.7 Å². The average Bonchev–Trinajstić information content (AvgIpc) is 2.63. The van der Waals surface area contributed by atoms with Crippen molar-refractivity contribution in [2.45, 2.75) is 26.3 Å². The van der Waals surface area contributed by atoms with Crippen LogP contribution in [0.5, 0.6) is 0 Å². The van der Waals surface area contributed by atoms with Crippen LogP contribution in [0.3, 0.4) is 0 Å². The van der Waals surface area contributed by atoms with Gasteiger partial charge in [0.2, 0.25) is 5.91 Å². The van der Waals surface area contributed by atoms with Crippen LogP contribution in [0.15, 0.2) is 24.3 Å². The first-order chi connectivity index (χ1) is 12.5. The zero-order valence-corrected chi connectivity index (χ0v) is 15.6. The number of benzene rings is 1. The molecule has 142 valence electrons. The summed E-state index contributed by atoms with van der Waals surface area (Å²) in [4.78, 5) is 30.0. The Labute approximate surface area is 155 Å². The average molecular weight is 359 g/mol. The third kappa shape index (κ3) is 5.05. The Bertz CT molecular complexity index is 633. The molecule has 2 saturated heterocycles. The van der Waals surface area contributed by atoms with Crippen LogP contribution in [-0.2, 0) is 16.1 Å². The van der Waals surface area contributed by atoms with E-state index in [2.05, 4.69) is 41.0 Å². The van der Waals surface area contributed by atoms with Crippen LogP contribution in [0.25, 0.3) is 0 Å². The van der Waals surface area contributed by atoms with E-state index in [0.29, 0.717) is 32.5 Å². The Morgan fingerprint density at radius 1 is 1.04 bits per heavy atom. The summed E-state index contributed by atoms with van der Waals surface area (Å²) in [5, 5.41) is 9.06. The molecule has 0 radical (unpaired) electrons. The van der Waals surface area contributed by atoms with Gasteiger partial charge in [0.15, 0.2) is 0 Å². The van der Waals surface area contributed by atoms with Gasteiger partial charge >= 0.3 is 5.97 Å². The molecule has 3 rings (SSSR count). The zero-order chi connectivity index (χ0) is 18.5. The standard InChI is InChI=1S/C20H29N3O3/c1-16-3-2-4-17(13-16)14-22-9-11-23(12-10-22)19(24)15-21-7-5-18(6-8-21)20(25)26/h2-4,13,18H,5-12,14-15H2,1H3,(H,25,26). The fraction of sp³-hybridized carbons (Fsp3) is 0.600. The SMILES string of the molecule is Cc1cccc(CN2CCN(C(=O)CN3CCC(C(=O)O)CC3)CC2)c1. The number of carbonyl (C=O) groups is 2. The number of carbonyl (C=O) groups excluding carboxylic acids is 1. The lowest BCUT2D eigenvalue weighted by molar-refractivity contribution is -0.143. The van der Waals surface area contributed by atoms with Crippen LogP contribution in [0.2, 0.25) is 0 Å². The molecule has 0 aromatic heterocycles. The highest BCUT2D eigenvalue weighted by atomic mass is 16.4. The normalized spacial score (nSPS) is 20.3. The number of rotatable bonds is 5. The molecule has 0 saturated carbocycles. The maximum Gasteiger partial charge on any atom is 0.306 e. The van der Waals surface area contributed by atoms with Gasteiger partial charge in [0.1, 0.15) is 0 Å². The van der Waals surface area contributed by atoms with Gasteiger partial charge < -0.3 is 10.0 Å². The quantitative estimate of drug-likeness (QED) is 0.862. The van der Waals surface area contributed by atoms with E-state index in [4.69, 9.17) is 5.11 Å². The maximum atomic E-state index is 12.5. The number of aliphatic carboxylic acids is 1. The smallest absolute Gasteiger partial charge is 0.306 e. The molecule has 0 aliphatic carbocycles. The molecule has 2 aliphatic heterocycles. The first kappa shape index (κ1) is 18.9. The Balaban J connectivity index is 1.40. The van der Waals surface area contributed by atoms with Crippen molar-refractivity contribution in [1.82, 2.24) is 14.7 Å². The van der Waals surface area contributed by atoms with Gasteiger partial charge in [0, 0.05) is 32.7 Å². The fourth-order valence-corrected chi connectivity index (χ4v) is 3.85. The van der Waals surface area contributed by atoms with Crippen molar-refractivity contribution in [1.29, 1.82) is 0 Å². The number of carboxylic acids is 1. The lowest BCUT2D eigenvalue weighted by atomic mass is 9.97. The number of hydrogen-bond donors (Lipinski definition) is 1. The molecule has 1 N–H and O–H groups in total. The molecule has 2 aliphatic rings. The molecule has 2 heterocycles. The third-order valence-electron chi connectivity index (χ3n) is 5.51. The summed E-state index contributed by atoms with van der Waals surface area (Å²) >= 11 is 0. The highest BCUT2D eigenvalue weighted by Crippen LogP contribution is 2.17. The van der Waals surface area contributed by atoms with Crippen molar-refractivity contribution in [3.63, 3.8) is 0 Å². The summed E-state index contributed by atoms with van der Waals surface area (Å²) in [6, 6.07) is 8.58. The lowest BCUT2D eigenvalue weighted by Gasteiger charge is -2.36. The number of carboxylic acid groups (broad SMARTS) is 1. The van der Waals surface area contributed by atoms with E-state index in [-0.39, 0.29) is 11.8 Å². The van der Waals surface area contributed by atoms with Gasteiger partial charge in [0.05, 0.1) is 12.5 Å². The second-order valence-corrected chi connectivity index (χ2v) is 7.53. The van der Waals surface area contributed by atoms with E-state index in [9.17, 15) is 9.59 Å². The fourth-order valence-electron chi connectivity index (χ4n) is 3.85. The second kappa shape index (κ2) is 8.64. The molecule has 6 nitrogen and oxygen atoms in total. The molecule has 0 spiro atoms. The minimum atomic E-state index is -0.708. The number of piperidine rings is 1. The van der Waals surface area contributed by atoms with Crippen molar-refractivity contribution in [3.05, 3.63) is 35.4 Å². The van der Waals surface area contributed by atoms with E-state index < -0.39 is 5.97 Å². The van der Waals surface area contributed by atoms with Crippen molar-refractivity contribution in [3.8, 4) is 0 Å². The van der Waals surface area contributed by atoms with Gasteiger partial charge in [-0.15, -0.1) is 0 Å². The molecule has 26 heavy (non-hydrogen) atoms. The summed E-state index contributed by atoms with van der Waals surface area (Å²) < 4.78 is 0. The maximum absolute atomic E-state index is 12.5. The van der Waals surface area contributed by atoms with Gasteiger partial charge in [-0.05, 0) is 38.4 Å². The molecule has 2 fully saturated rings. The number of piperazine rings is 1. The van der Waals surface area contributed by atoms with Crippen LogP contribution in [-0.4, -0.2) is 77.5 Å². The number of nitrogens with zero attached hydrogens (tertiary/aromatic N) is 3. The van der Waals surface area contributed by atoms with E-state index in [1.54, 1.807) is 0 Å². The van der Waals surface area contributed by atoms with Crippen LogP contribution in [0.1, 0.15) is 24.0 Å². The van der Waals surface area contributed by atoms with Gasteiger partial charge in [-0.1, -0.05) is 29.8 Å². The van der Waals surface area contributed by atoms with Crippen molar-refractivity contribution in [2.24, 2.45) is 5.92 Å². The van der Waals surface area contributed by atoms with Crippen LogP contribution >= 0.6 is 0 Å². The molecular formula is C20H29N3O3. The molecule has 0 bridgehead atoms. The second-order valence-electron chi connectivity index (χ2n) is 7.53. The third-order valence-corrected chi connectivity index (χ3v) is 5.51. The van der Waals surface area contributed by atoms with Gasteiger partial charge in [-0.3, -0.25) is 19.4 Å². The molecule has 1 aromatic rings. The van der Waals surface area contributed by atoms with Crippen LogP contribution in [0.4, 0.5) is 0 Å². The largest absolute Gasteiger partial charge is 0.481 e. The molecule has 6 heteroatoms. The number of amides is 1. The minimum Gasteiger partial charge on any atom is -0.481 e. The predicted molar refractivity (Wildman–Crippen MR) is 99.8 cm³/mol. The van der Waals surface area contributed by atoms with E-state index >= 15 is 0 Å². The zero-order valence-electron chi connectivity index (χ0n) is 15.6. The molecule has 1 amide bonds. The first-order valence-electron chi connectivity index (χ1n) is 9.52. The number of hydrogen-bond acceptors (Lipinski definition) is 4. The van der Waals surface area contributed by atoms with Gasteiger partial charge in [0.25, 0.3) is 0 Å². The monoisotopic (exact) mass is 359 g/mol. The summed E-state index contributed by atoms with van der Waals surface area (Å²) in [7, 11) is 0. The Morgan fingerprint density at radius 2 is 1.73 bits per heavy atom. The van der Waals surface area contributed by atoms with Crippen LogP contribution < -0.4 is 0 Å². The van der Waals surface area contributed by atoms with Crippen molar-refractivity contribution >= 4 is 11.9 Å². The van der Waals surface area contributed by atoms with Gasteiger partial charge in [-0.2, -0.15) is 0 Å². The van der Waals surface area contributed by atoms with Gasteiger partial charge in [-0.25, -0.2) is 0 Å². The number of likely N-dealkylation sites (tertiary alicyclic amines) is 1. The van der Waals surface area contributed by atoms with E-state index in [1.807, 2.05) is 4.90 Å². The molecule has 1 aromatic carbocycles. The first-order valence-corrected chi connectivity index (χ1v) is 9.52. The summed E-state index contributed by atoms with van der Waals surface area (Å²) in [6.45, 7) is 8.23. The highest BCUT2D eigenvalue weighted by Gasteiger charge is 2.27. The Kier molecular flexibility index (Phi) is 6.27. The Hall–Kier alpha value is -1.92. The van der Waals surface area contributed by atoms with Crippen LogP contribution in [0, 0.1) is 12.8 Å². The Morgan fingerprint density at radius 3 is 2.35 bits per heavy atom. The molecular weight excluding hydrogens is 330 g/mol. The highest BCUT2D eigenvalue weighted by molar-refractivity contribution is 5.78. The summed E-state index contributed by atoms with van der Waals surface area (Å²) in [5.41, 5.74) is 2.61. The molecule has 0 atom stereocenters. The summed E-state index contributed by atoms with van der Waals surface area (Å²) in [6.07, 6.45) is 1.29. The predicted octanol–water partition coefficient (Wildman–Crippen LogP) is 1.44. The molecule has 0 unspecified atom stereocenters. The van der Waals surface area contributed by atoms with Crippen molar-refractivity contribution < 1.29 is 14.7 Å². The lowest BCUT2D eigenvalue weighted by Crippen LogP contribution is -2.51. The topological polar surface area (TPSA) is 64.1 Å². The summed E-state index contributed by atoms with van der Waals surface area (Å²) in [5.74, 6) is -0.777. The van der Waals surface area contributed by atoms with E-state index in [1.165, 1.54) is 11.1 Å². The minimum absolute atomic E-state index is 0.175. The number of aryl methyl sites for hydroxylation is 1. The van der Waals surface area contributed by atoms with Crippen molar-refractivity contribution in [2.75, 3.05) is 45.8 Å².